The minimum absolute atomic E-state index is 0.230. The van der Waals surface area contributed by atoms with Gasteiger partial charge in [0.1, 0.15) is 12.4 Å². The molecule has 2 rings (SSSR count). The second kappa shape index (κ2) is 9.40. The Morgan fingerprint density at radius 1 is 1.17 bits per heavy atom. The Morgan fingerprint density at radius 2 is 1.87 bits per heavy atom. The molecular formula is C17H22ClNO4. The maximum atomic E-state index is 11.6. The summed E-state index contributed by atoms with van der Waals surface area (Å²) in [4.78, 5) is 23.2. The maximum absolute atomic E-state index is 11.6. The molecule has 5 nitrogen and oxygen atoms in total. The fraction of sp³-hybridized carbons (Fsp3) is 0.529. The molecule has 6 heteroatoms. The summed E-state index contributed by atoms with van der Waals surface area (Å²) < 4.78 is 10.4. The number of halogens is 1. The highest BCUT2D eigenvalue weighted by Gasteiger charge is 2.19. The molecule has 1 aromatic carbocycles. The first-order valence-electron chi connectivity index (χ1n) is 7.94. The number of esters is 1. The summed E-state index contributed by atoms with van der Waals surface area (Å²) in [6.07, 6.45) is 4.97. The number of hydrogen-bond acceptors (Lipinski definition) is 4. The lowest BCUT2D eigenvalue weighted by Gasteiger charge is -2.10. The van der Waals surface area contributed by atoms with Gasteiger partial charge in [0.15, 0.2) is 6.61 Å². The Kier molecular flexibility index (Phi) is 7.20. The van der Waals surface area contributed by atoms with Gasteiger partial charge in [0.25, 0.3) is 5.91 Å². The predicted octanol–water partition coefficient (Wildman–Crippen LogP) is 2.96. The Bertz CT molecular complexity index is 512. The van der Waals surface area contributed by atoms with E-state index in [4.69, 9.17) is 21.1 Å². The van der Waals surface area contributed by atoms with E-state index in [-0.39, 0.29) is 18.5 Å². The zero-order chi connectivity index (χ0) is 16.5. The molecule has 1 aliphatic carbocycles. The Hall–Kier alpha value is -1.75. The van der Waals surface area contributed by atoms with E-state index >= 15 is 0 Å². The van der Waals surface area contributed by atoms with Crippen LogP contribution >= 0.6 is 11.6 Å². The van der Waals surface area contributed by atoms with Crippen molar-refractivity contribution in [3.05, 3.63) is 29.3 Å². The molecule has 1 aromatic rings. The topological polar surface area (TPSA) is 64.6 Å². The van der Waals surface area contributed by atoms with Gasteiger partial charge in [-0.1, -0.05) is 24.4 Å². The molecular weight excluding hydrogens is 318 g/mol. The third-order valence-electron chi connectivity index (χ3n) is 3.80. The van der Waals surface area contributed by atoms with E-state index in [9.17, 15) is 9.59 Å². The number of rotatable bonds is 8. The quantitative estimate of drug-likeness (QED) is 0.584. The highest BCUT2D eigenvalue weighted by atomic mass is 35.5. The molecule has 0 aromatic heterocycles. The molecule has 0 unspecified atom stereocenters. The molecule has 0 saturated heterocycles. The summed E-state index contributed by atoms with van der Waals surface area (Å²) in [7, 11) is 0. The SMILES string of the molecule is O=C(COC(=O)CC1CCCC1)NCCOc1ccc(Cl)cc1. The molecule has 1 aliphatic rings. The van der Waals surface area contributed by atoms with Gasteiger partial charge in [-0.25, -0.2) is 0 Å². The number of ether oxygens (including phenoxy) is 2. The van der Waals surface area contributed by atoms with Crippen LogP contribution in [0.2, 0.25) is 5.02 Å². The van der Waals surface area contributed by atoms with Crippen LogP contribution in [0.3, 0.4) is 0 Å². The largest absolute Gasteiger partial charge is 0.492 e. The van der Waals surface area contributed by atoms with Crippen LogP contribution in [0.4, 0.5) is 0 Å². The molecule has 0 heterocycles. The number of amides is 1. The number of hydrogen-bond donors (Lipinski definition) is 1. The van der Waals surface area contributed by atoms with Crippen LogP contribution in [-0.2, 0) is 14.3 Å². The van der Waals surface area contributed by atoms with Gasteiger partial charge >= 0.3 is 5.97 Å². The van der Waals surface area contributed by atoms with Crippen LogP contribution in [0.15, 0.2) is 24.3 Å². The number of carbonyl (C=O) groups excluding carboxylic acids is 2. The number of carbonyl (C=O) groups is 2. The third-order valence-corrected chi connectivity index (χ3v) is 4.05. The van der Waals surface area contributed by atoms with Crippen molar-refractivity contribution in [3.8, 4) is 5.75 Å². The summed E-state index contributed by atoms with van der Waals surface area (Å²) in [5, 5.41) is 3.29. The van der Waals surface area contributed by atoms with Crippen LogP contribution in [0.25, 0.3) is 0 Å². The smallest absolute Gasteiger partial charge is 0.306 e. The Morgan fingerprint density at radius 3 is 2.57 bits per heavy atom. The van der Waals surface area contributed by atoms with Gasteiger partial charge in [0, 0.05) is 11.4 Å². The van der Waals surface area contributed by atoms with E-state index in [1.165, 1.54) is 12.8 Å². The van der Waals surface area contributed by atoms with Crippen LogP contribution in [0.5, 0.6) is 5.75 Å². The molecule has 0 spiro atoms. The minimum atomic E-state index is -0.315. The Balaban J connectivity index is 1.52. The van der Waals surface area contributed by atoms with Crippen molar-refractivity contribution in [1.82, 2.24) is 5.32 Å². The van der Waals surface area contributed by atoms with E-state index in [0.717, 1.165) is 12.8 Å². The van der Waals surface area contributed by atoms with Gasteiger partial charge in [-0.05, 0) is 43.0 Å². The average molecular weight is 340 g/mol. The molecule has 0 atom stereocenters. The lowest BCUT2D eigenvalue weighted by molar-refractivity contribution is -0.149. The molecule has 0 radical (unpaired) electrons. The van der Waals surface area contributed by atoms with E-state index in [2.05, 4.69) is 5.32 Å². The Labute approximate surface area is 141 Å². The maximum Gasteiger partial charge on any atom is 0.306 e. The number of nitrogens with one attached hydrogen (secondary N) is 1. The molecule has 1 amide bonds. The monoisotopic (exact) mass is 339 g/mol. The summed E-state index contributed by atoms with van der Waals surface area (Å²) in [5.41, 5.74) is 0. The third kappa shape index (κ3) is 6.91. The predicted molar refractivity (Wildman–Crippen MR) is 87.5 cm³/mol. The summed E-state index contributed by atoms with van der Waals surface area (Å²) in [6.45, 7) is 0.456. The summed E-state index contributed by atoms with van der Waals surface area (Å²) in [5.74, 6) is 0.513. The van der Waals surface area contributed by atoms with Crippen molar-refractivity contribution < 1.29 is 19.1 Å². The lowest BCUT2D eigenvalue weighted by Crippen LogP contribution is -2.32. The van der Waals surface area contributed by atoms with Crippen LogP contribution in [-0.4, -0.2) is 31.6 Å². The van der Waals surface area contributed by atoms with E-state index in [1.807, 2.05) is 0 Å². The summed E-state index contributed by atoms with van der Waals surface area (Å²) in [6, 6.07) is 6.99. The van der Waals surface area contributed by atoms with Crippen molar-refractivity contribution in [2.75, 3.05) is 19.8 Å². The molecule has 126 valence electrons. The van der Waals surface area contributed by atoms with Crippen molar-refractivity contribution in [1.29, 1.82) is 0 Å². The van der Waals surface area contributed by atoms with Crippen molar-refractivity contribution in [2.45, 2.75) is 32.1 Å². The van der Waals surface area contributed by atoms with Crippen LogP contribution in [0, 0.1) is 5.92 Å². The average Bonchev–Trinajstić information content (AvgIpc) is 3.04. The highest BCUT2D eigenvalue weighted by Crippen LogP contribution is 2.27. The van der Waals surface area contributed by atoms with Crippen molar-refractivity contribution in [3.63, 3.8) is 0 Å². The van der Waals surface area contributed by atoms with Crippen molar-refractivity contribution in [2.24, 2.45) is 5.92 Å². The first-order chi connectivity index (χ1) is 11.1. The first-order valence-corrected chi connectivity index (χ1v) is 8.32. The highest BCUT2D eigenvalue weighted by molar-refractivity contribution is 6.30. The lowest BCUT2D eigenvalue weighted by atomic mass is 10.1. The fourth-order valence-electron chi connectivity index (χ4n) is 2.60. The van der Waals surface area contributed by atoms with Gasteiger partial charge in [-0.15, -0.1) is 0 Å². The van der Waals surface area contributed by atoms with Crippen LogP contribution in [0.1, 0.15) is 32.1 Å². The normalized spacial score (nSPS) is 14.5. The summed E-state index contributed by atoms with van der Waals surface area (Å²) >= 11 is 5.77. The van der Waals surface area contributed by atoms with E-state index in [1.54, 1.807) is 24.3 Å². The van der Waals surface area contributed by atoms with Crippen molar-refractivity contribution >= 4 is 23.5 Å². The van der Waals surface area contributed by atoms with E-state index < -0.39 is 0 Å². The van der Waals surface area contributed by atoms with Gasteiger partial charge in [-0.3, -0.25) is 9.59 Å². The molecule has 1 N–H and O–H groups in total. The van der Waals surface area contributed by atoms with Crippen LogP contribution < -0.4 is 10.1 Å². The van der Waals surface area contributed by atoms with Gasteiger partial charge < -0.3 is 14.8 Å². The standard InChI is InChI=1S/C17H22ClNO4/c18-14-5-7-15(8-6-14)22-10-9-19-16(20)12-23-17(21)11-13-3-1-2-4-13/h5-8,13H,1-4,9-12H2,(H,19,20). The molecule has 23 heavy (non-hydrogen) atoms. The number of benzene rings is 1. The van der Waals surface area contributed by atoms with Gasteiger partial charge in [-0.2, -0.15) is 0 Å². The second-order valence-electron chi connectivity index (χ2n) is 5.67. The molecule has 1 fully saturated rings. The van der Waals surface area contributed by atoms with E-state index in [0.29, 0.717) is 36.3 Å². The molecule has 0 bridgehead atoms. The zero-order valence-electron chi connectivity index (χ0n) is 13.1. The van der Waals surface area contributed by atoms with Gasteiger partial charge in [0.05, 0.1) is 6.54 Å². The second-order valence-corrected chi connectivity index (χ2v) is 6.10. The molecule has 0 aliphatic heterocycles. The minimum Gasteiger partial charge on any atom is -0.492 e. The molecule has 1 saturated carbocycles. The fourth-order valence-corrected chi connectivity index (χ4v) is 2.72. The zero-order valence-corrected chi connectivity index (χ0v) is 13.8. The first kappa shape index (κ1) is 17.6. The van der Waals surface area contributed by atoms with Gasteiger partial charge in [0.2, 0.25) is 0 Å².